The fourth-order valence-corrected chi connectivity index (χ4v) is 5.53. The Balaban J connectivity index is 2.03. The van der Waals surface area contributed by atoms with Crippen LogP contribution in [0.3, 0.4) is 0 Å². The van der Waals surface area contributed by atoms with Gasteiger partial charge in [0.05, 0.1) is 17.7 Å². The fraction of sp³-hybridized carbons (Fsp3) is 0.333. The quantitative estimate of drug-likeness (QED) is 0.316. The summed E-state index contributed by atoms with van der Waals surface area (Å²) in [6.07, 6.45) is 0.724. The van der Waals surface area contributed by atoms with Crippen molar-refractivity contribution in [3.63, 3.8) is 0 Å². The third kappa shape index (κ3) is 7.76. The zero-order chi connectivity index (χ0) is 29.4. The van der Waals surface area contributed by atoms with E-state index in [1.54, 1.807) is 68.6 Å². The minimum atomic E-state index is -4.14. The zero-order valence-electron chi connectivity index (χ0n) is 23.4. The van der Waals surface area contributed by atoms with Crippen LogP contribution < -0.4 is 14.4 Å². The lowest BCUT2D eigenvalue weighted by molar-refractivity contribution is -0.139. The number of carbonyl (C=O) groups is 2. The van der Waals surface area contributed by atoms with Crippen molar-refractivity contribution in [2.24, 2.45) is 0 Å². The van der Waals surface area contributed by atoms with E-state index in [1.165, 1.54) is 17.0 Å². The maximum atomic E-state index is 14.0. The molecule has 0 saturated carbocycles. The molecule has 2 atom stereocenters. The lowest BCUT2D eigenvalue weighted by Gasteiger charge is -2.32. The van der Waals surface area contributed by atoms with Crippen LogP contribution in [0.1, 0.15) is 38.3 Å². The van der Waals surface area contributed by atoms with Crippen molar-refractivity contribution in [2.75, 3.05) is 18.0 Å². The number of methoxy groups -OCH3 is 1. The van der Waals surface area contributed by atoms with E-state index in [-0.39, 0.29) is 29.1 Å². The predicted octanol–water partition coefficient (Wildman–Crippen LogP) is 5.18. The summed E-state index contributed by atoms with van der Waals surface area (Å²) in [6, 6.07) is 18.9. The predicted molar refractivity (Wildman–Crippen MR) is 158 cm³/mol. The number of aryl methyl sites for hydroxylation is 1. The lowest BCUT2D eigenvalue weighted by atomic mass is 10.1. The minimum Gasteiger partial charge on any atom is -0.497 e. The number of nitrogens with one attached hydrogen (secondary N) is 1. The van der Waals surface area contributed by atoms with Gasteiger partial charge in [-0.15, -0.1) is 0 Å². The van der Waals surface area contributed by atoms with Crippen LogP contribution in [0.15, 0.2) is 77.7 Å². The number of amides is 2. The van der Waals surface area contributed by atoms with Crippen LogP contribution in [-0.2, 0) is 26.2 Å². The number of sulfonamides is 1. The largest absolute Gasteiger partial charge is 0.497 e. The summed E-state index contributed by atoms with van der Waals surface area (Å²) < 4.78 is 34.1. The van der Waals surface area contributed by atoms with Gasteiger partial charge in [0, 0.05) is 17.6 Å². The van der Waals surface area contributed by atoms with Crippen LogP contribution in [0.25, 0.3) is 0 Å². The molecule has 214 valence electrons. The highest BCUT2D eigenvalue weighted by Crippen LogP contribution is 2.26. The van der Waals surface area contributed by atoms with Crippen LogP contribution in [0.2, 0.25) is 5.02 Å². The van der Waals surface area contributed by atoms with Crippen LogP contribution in [-0.4, -0.2) is 50.9 Å². The molecule has 0 aliphatic rings. The molecule has 0 aromatic heterocycles. The van der Waals surface area contributed by atoms with Crippen molar-refractivity contribution in [3.8, 4) is 5.75 Å². The van der Waals surface area contributed by atoms with Crippen molar-refractivity contribution in [2.45, 2.75) is 57.6 Å². The van der Waals surface area contributed by atoms with E-state index < -0.39 is 28.5 Å². The van der Waals surface area contributed by atoms with E-state index in [1.807, 2.05) is 26.8 Å². The molecule has 2 amide bonds. The van der Waals surface area contributed by atoms with Crippen molar-refractivity contribution in [1.29, 1.82) is 0 Å². The Kier molecular flexibility index (Phi) is 10.6. The van der Waals surface area contributed by atoms with Gasteiger partial charge < -0.3 is 15.0 Å². The monoisotopic (exact) mass is 585 g/mol. The third-order valence-electron chi connectivity index (χ3n) is 6.66. The van der Waals surface area contributed by atoms with Gasteiger partial charge in [-0.1, -0.05) is 48.4 Å². The molecule has 1 N–H and O–H groups in total. The molecule has 10 heteroatoms. The third-order valence-corrected chi connectivity index (χ3v) is 8.70. The molecule has 0 fully saturated rings. The topological polar surface area (TPSA) is 96.0 Å². The summed E-state index contributed by atoms with van der Waals surface area (Å²) in [7, 11) is -2.60. The minimum absolute atomic E-state index is 0.0442. The second-order valence-electron chi connectivity index (χ2n) is 9.67. The lowest BCUT2D eigenvalue weighted by Crippen LogP contribution is -2.52. The summed E-state index contributed by atoms with van der Waals surface area (Å²) in [5.74, 6) is -0.267. The van der Waals surface area contributed by atoms with Gasteiger partial charge in [0.25, 0.3) is 10.0 Å². The fourth-order valence-electron chi connectivity index (χ4n) is 3.99. The molecule has 0 radical (unpaired) electrons. The SMILES string of the molecule is CC[C@@H](C)NC(=O)[C@@H](C)N(Cc1cccc(OC)c1)C(=O)CN(c1ccc(Cl)cc1)S(=O)(=O)c1ccc(C)cc1. The highest BCUT2D eigenvalue weighted by atomic mass is 35.5. The highest BCUT2D eigenvalue weighted by Gasteiger charge is 2.32. The Labute approximate surface area is 241 Å². The van der Waals surface area contributed by atoms with Crippen molar-refractivity contribution in [1.82, 2.24) is 10.2 Å². The summed E-state index contributed by atoms with van der Waals surface area (Å²) in [5.41, 5.74) is 1.91. The first-order valence-corrected chi connectivity index (χ1v) is 14.9. The van der Waals surface area contributed by atoms with Crippen LogP contribution >= 0.6 is 11.6 Å². The molecule has 0 saturated heterocycles. The van der Waals surface area contributed by atoms with Gasteiger partial charge in [-0.2, -0.15) is 0 Å². The highest BCUT2D eigenvalue weighted by molar-refractivity contribution is 7.92. The normalized spacial score (nSPS) is 12.8. The van der Waals surface area contributed by atoms with Crippen LogP contribution in [0.4, 0.5) is 5.69 Å². The van der Waals surface area contributed by atoms with Gasteiger partial charge in [0.2, 0.25) is 11.8 Å². The Morgan fingerprint density at radius 1 is 1.00 bits per heavy atom. The molecule has 40 heavy (non-hydrogen) atoms. The van der Waals surface area contributed by atoms with E-state index in [0.29, 0.717) is 10.8 Å². The summed E-state index contributed by atoms with van der Waals surface area (Å²) in [6.45, 7) is 6.88. The van der Waals surface area contributed by atoms with Gasteiger partial charge in [-0.25, -0.2) is 8.42 Å². The summed E-state index contributed by atoms with van der Waals surface area (Å²) in [4.78, 5) is 28.5. The van der Waals surface area contributed by atoms with Crippen molar-refractivity contribution in [3.05, 3.63) is 88.9 Å². The van der Waals surface area contributed by atoms with Gasteiger partial charge >= 0.3 is 0 Å². The van der Waals surface area contributed by atoms with Crippen molar-refractivity contribution < 1.29 is 22.7 Å². The number of benzene rings is 3. The average Bonchev–Trinajstić information content (AvgIpc) is 2.94. The van der Waals surface area contributed by atoms with Crippen molar-refractivity contribution >= 4 is 39.1 Å². The van der Waals surface area contributed by atoms with E-state index in [2.05, 4.69) is 5.32 Å². The number of halogens is 1. The first-order chi connectivity index (χ1) is 19.0. The van der Waals surface area contributed by atoms with E-state index in [0.717, 1.165) is 21.9 Å². The molecular formula is C30H36ClN3O5S. The van der Waals surface area contributed by atoms with E-state index in [4.69, 9.17) is 16.3 Å². The molecule has 3 rings (SSSR count). The molecule has 0 aliphatic heterocycles. The Bertz CT molecular complexity index is 1410. The van der Waals surface area contributed by atoms with Crippen LogP contribution in [0, 0.1) is 6.92 Å². The van der Waals surface area contributed by atoms with E-state index in [9.17, 15) is 18.0 Å². The summed E-state index contributed by atoms with van der Waals surface area (Å²) in [5, 5.41) is 3.35. The molecule has 3 aromatic carbocycles. The molecule has 0 unspecified atom stereocenters. The Morgan fingerprint density at radius 3 is 2.25 bits per heavy atom. The number of rotatable bonds is 12. The Hall–Kier alpha value is -3.56. The number of anilines is 1. The number of carbonyl (C=O) groups excluding carboxylic acids is 2. The first kappa shape index (κ1) is 31.0. The standard InChI is InChI=1S/C30H36ClN3O5S/c1-6-22(3)32-30(36)23(4)33(19-24-8-7-9-27(18-24)39-5)29(35)20-34(26-14-12-25(31)13-15-26)40(37,38)28-16-10-21(2)11-17-28/h7-18,22-23H,6,19-20H2,1-5H3,(H,32,36)/t22-,23-/m1/s1. The number of ether oxygens (including phenoxy) is 1. The second-order valence-corrected chi connectivity index (χ2v) is 12.0. The van der Waals surface area contributed by atoms with Crippen LogP contribution in [0.5, 0.6) is 5.75 Å². The van der Waals surface area contributed by atoms with Gasteiger partial charge in [0.15, 0.2) is 0 Å². The maximum Gasteiger partial charge on any atom is 0.264 e. The van der Waals surface area contributed by atoms with E-state index >= 15 is 0 Å². The van der Waals surface area contributed by atoms with Gasteiger partial charge in [0.1, 0.15) is 18.3 Å². The molecule has 3 aromatic rings. The molecular weight excluding hydrogens is 550 g/mol. The van der Waals surface area contributed by atoms with Gasteiger partial charge in [-0.05, 0) is 81.3 Å². The molecule has 0 aliphatic carbocycles. The average molecular weight is 586 g/mol. The molecule has 8 nitrogen and oxygen atoms in total. The Morgan fingerprint density at radius 2 is 1.65 bits per heavy atom. The smallest absolute Gasteiger partial charge is 0.264 e. The zero-order valence-corrected chi connectivity index (χ0v) is 25.0. The first-order valence-electron chi connectivity index (χ1n) is 13.0. The number of hydrogen-bond donors (Lipinski definition) is 1. The van der Waals surface area contributed by atoms with Gasteiger partial charge in [-0.3, -0.25) is 13.9 Å². The summed E-state index contributed by atoms with van der Waals surface area (Å²) >= 11 is 6.07. The maximum absolute atomic E-state index is 14.0. The molecule has 0 bridgehead atoms. The number of hydrogen-bond acceptors (Lipinski definition) is 5. The molecule has 0 heterocycles. The molecule has 0 spiro atoms. The number of nitrogens with zero attached hydrogens (tertiary/aromatic N) is 2. The second kappa shape index (κ2) is 13.7.